The number of nitrogens with one attached hydrogen (secondary N) is 1. The van der Waals surface area contributed by atoms with Crippen molar-refractivity contribution in [1.29, 1.82) is 0 Å². The second-order valence-electron chi connectivity index (χ2n) is 7.63. The highest BCUT2D eigenvalue weighted by molar-refractivity contribution is 5.74. The molecule has 3 rings (SSSR count). The van der Waals surface area contributed by atoms with Gasteiger partial charge < -0.3 is 14.7 Å². The summed E-state index contributed by atoms with van der Waals surface area (Å²) in [5.74, 6) is 1.09. The molecule has 6 nitrogen and oxygen atoms in total. The highest BCUT2D eigenvalue weighted by Gasteiger charge is 2.25. The van der Waals surface area contributed by atoms with Gasteiger partial charge in [0.25, 0.3) is 0 Å². The second kappa shape index (κ2) is 6.86. The van der Waals surface area contributed by atoms with Crippen molar-refractivity contribution >= 4 is 6.03 Å². The Hall–Kier alpha value is -2.37. The molecule has 6 heteroatoms. The molecular formula is C19H26N4O2. The van der Waals surface area contributed by atoms with Crippen LogP contribution in [0.3, 0.4) is 0 Å². The maximum atomic E-state index is 12.6. The molecule has 2 heterocycles. The number of hydrogen-bond acceptors (Lipinski definition) is 4. The molecule has 1 N–H and O–H groups in total. The minimum Gasteiger partial charge on any atom is -0.337 e. The molecule has 0 saturated carbocycles. The topological polar surface area (TPSA) is 71.3 Å². The molecule has 1 aliphatic rings. The Balaban J connectivity index is 1.61. The standard InChI is InChI=1S/C19H26N4O2/c1-13(16-21-17(22-25-16)19(2,3)4)20-18(24)23-11-9-14-7-5-6-8-15(14)10-12-23/h5-8,13H,9-12H2,1-4H3,(H,20,24). The summed E-state index contributed by atoms with van der Waals surface area (Å²) >= 11 is 0. The van der Waals surface area contributed by atoms with Crippen LogP contribution in [0.2, 0.25) is 0 Å². The fraction of sp³-hybridized carbons (Fsp3) is 0.526. The number of urea groups is 1. The van der Waals surface area contributed by atoms with Gasteiger partial charge in [0, 0.05) is 18.5 Å². The van der Waals surface area contributed by atoms with Crippen LogP contribution in [0.15, 0.2) is 28.8 Å². The summed E-state index contributed by atoms with van der Waals surface area (Å²) < 4.78 is 5.32. The van der Waals surface area contributed by atoms with Crippen LogP contribution in [0.4, 0.5) is 4.79 Å². The summed E-state index contributed by atoms with van der Waals surface area (Å²) in [7, 11) is 0. The van der Waals surface area contributed by atoms with Crippen molar-refractivity contribution in [1.82, 2.24) is 20.4 Å². The Bertz CT molecular complexity index is 721. The van der Waals surface area contributed by atoms with Crippen LogP contribution in [0.25, 0.3) is 0 Å². The summed E-state index contributed by atoms with van der Waals surface area (Å²) in [6.07, 6.45) is 1.76. The SMILES string of the molecule is CC(NC(=O)N1CCc2ccccc2CC1)c1nc(C(C)(C)C)no1. The third-order valence-corrected chi connectivity index (χ3v) is 4.53. The van der Waals surface area contributed by atoms with E-state index in [1.807, 2.05) is 32.6 Å². The molecule has 0 fully saturated rings. The highest BCUT2D eigenvalue weighted by atomic mass is 16.5. The number of nitrogens with zero attached hydrogens (tertiary/aromatic N) is 3. The Morgan fingerprint density at radius 3 is 2.32 bits per heavy atom. The molecule has 0 spiro atoms. The van der Waals surface area contributed by atoms with E-state index < -0.39 is 0 Å². The number of carbonyl (C=O) groups excluding carboxylic acids is 1. The molecule has 134 valence electrons. The maximum Gasteiger partial charge on any atom is 0.318 e. The lowest BCUT2D eigenvalue weighted by molar-refractivity contribution is 0.194. The highest BCUT2D eigenvalue weighted by Crippen LogP contribution is 2.21. The van der Waals surface area contributed by atoms with Gasteiger partial charge in [-0.2, -0.15) is 4.98 Å². The van der Waals surface area contributed by atoms with Crippen LogP contribution in [-0.4, -0.2) is 34.2 Å². The number of fused-ring (bicyclic) bond motifs is 1. The van der Waals surface area contributed by atoms with Crippen molar-refractivity contribution in [2.45, 2.75) is 52.0 Å². The van der Waals surface area contributed by atoms with Crippen LogP contribution < -0.4 is 5.32 Å². The summed E-state index contributed by atoms with van der Waals surface area (Å²) in [6, 6.07) is 7.99. The van der Waals surface area contributed by atoms with E-state index in [9.17, 15) is 4.79 Å². The fourth-order valence-electron chi connectivity index (χ4n) is 2.92. The van der Waals surface area contributed by atoms with E-state index >= 15 is 0 Å². The lowest BCUT2D eigenvalue weighted by atomic mass is 9.96. The monoisotopic (exact) mass is 342 g/mol. The van der Waals surface area contributed by atoms with Crippen LogP contribution in [-0.2, 0) is 18.3 Å². The van der Waals surface area contributed by atoms with Gasteiger partial charge >= 0.3 is 6.03 Å². The van der Waals surface area contributed by atoms with Gasteiger partial charge in [0.15, 0.2) is 5.82 Å². The minimum atomic E-state index is -0.318. The predicted molar refractivity (Wildman–Crippen MR) is 95.4 cm³/mol. The van der Waals surface area contributed by atoms with Crippen molar-refractivity contribution in [2.75, 3.05) is 13.1 Å². The summed E-state index contributed by atoms with van der Waals surface area (Å²) in [5, 5.41) is 7.00. The van der Waals surface area contributed by atoms with Crippen LogP contribution in [0, 0.1) is 0 Å². The number of amides is 2. The molecule has 1 unspecified atom stereocenters. The van der Waals surface area contributed by atoms with Crippen LogP contribution in [0.1, 0.15) is 56.6 Å². The van der Waals surface area contributed by atoms with Gasteiger partial charge in [0.1, 0.15) is 6.04 Å². The van der Waals surface area contributed by atoms with E-state index in [-0.39, 0.29) is 17.5 Å². The molecule has 1 aromatic heterocycles. The summed E-state index contributed by atoms with van der Waals surface area (Å²) in [5.41, 5.74) is 2.48. The molecule has 0 radical (unpaired) electrons. The zero-order valence-electron chi connectivity index (χ0n) is 15.4. The minimum absolute atomic E-state index is 0.0872. The summed E-state index contributed by atoms with van der Waals surface area (Å²) in [6.45, 7) is 9.38. The molecule has 0 aliphatic carbocycles. The summed E-state index contributed by atoms with van der Waals surface area (Å²) in [4.78, 5) is 18.9. The van der Waals surface area contributed by atoms with Crippen LogP contribution in [0.5, 0.6) is 0 Å². The number of carbonyl (C=O) groups is 1. The number of hydrogen-bond donors (Lipinski definition) is 1. The van der Waals surface area contributed by atoms with Gasteiger partial charge in [-0.3, -0.25) is 0 Å². The first-order valence-electron chi connectivity index (χ1n) is 8.81. The van der Waals surface area contributed by atoms with Crippen molar-refractivity contribution < 1.29 is 9.32 Å². The van der Waals surface area contributed by atoms with Crippen molar-refractivity contribution in [3.05, 3.63) is 47.1 Å². The first-order valence-corrected chi connectivity index (χ1v) is 8.81. The normalized spacial score (nSPS) is 16.1. The molecular weight excluding hydrogens is 316 g/mol. The molecule has 2 amide bonds. The Kier molecular flexibility index (Phi) is 4.79. The number of aromatic nitrogens is 2. The van der Waals surface area contributed by atoms with Gasteiger partial charge in [-0.1, -0.05) is 50.2 Å². The maximum absolute atomic E-state index is 12.6. The lowest BCUT2D eigenvalue weighted by Crippen LogP contribution is -2.42. The largest absolute Gasteiger partial charge is 0.337 e. The Labute approximate surface area is 148 Å². The van der Waals surface area contributed by atoms with E-state index in [2.05, 4.69) is 39.7 Å². The Morgan fingerprint density at radius 2 is 1.80 bits per heavy atom. The molecule has 2 aromatic rings. The molecule has 25 heavy (non-hydrogen) atoms. The van der Waals surface area contributed by atoms with E-state index in [1.165, 1.54) is 11.1 Å². The quantitative estimate of drug-likeness (QED) is 0.909. The van der Waals surface area contributed by atoms with Gasteiger partial charge in [0.2, 0.25) is 5.89 Å². The third kappa shape index (κ3) is 4.00. The fourth-order valence-corrected chi connectivity index (χ4v) is 2.92. The molecule has 1 atom stereocenters. The van der Waals surface area contributed by atoms with Crippen LogP contribution >= 0.6 is 0 Å². The van der Waals surface area contributed by atoms with Crippen molar-refractivity contribution in [3.8, 4) is 0 Å². The average Bonchev–Trinajstić information content (AvgIpc) is 2.97. The number of rotatable bonds is 2. The average molecular weight is 342 g/mol. The van der Waals surface area contributed by atoms with E-state index in [0.29, 0.717) is 24.8 Å². The second-order valence-corrected chi connectivity index (χ2v) is 7.63. The van der Waals surface area contributed by atoms with Crippen molar-refractivity contribution in [2.24, 2.45) is 0 Å². The lowest BCUT2D eigenvalue weighted by Gasteiger charge is -2.22. The van der Waals surface area contributed by atoms with Crippen molar-refractivity contribution in [3.63, 3.8) is 0 Å². The van der Waals surface area contributed by atoms with E-state index in [1.54, 1.807) is 0 Å². The first kappa shape index (κ1) is 17.5. The van der Waals surface area contributed by atoms with E-state index in [4.69, 9.17) is 4.52 Å². The molecule has 1 aromatic carbocycles. The van der Waals surface area contributed by atoms with Gasteiger partial charge in [-0.25, -0.2) is 4.79 Å². The zero-order valence-corrected chi connectivity index (χ0v) is 15.4. The molecule has 1 aliphatic heterocycles. The first-order chi connectivity index (χ1) is 11.8. The van der Waals surface area contributed by atoms with Gasteiger partial charge in [-0.15, -0.1) is 0 Å². The van der Waals surface area contributed by atoms with E-state index in [0.717, 1.165) is 12.8 Å². The van der Waals surface area contributed by atoms with Gasteiger partial charge in [0.05, 0.1) is 0 Å². The Morgan fingerprint density at radius 1 is 1.20 bits per heavy atom. The zero-order chi connectivity index (χ0) is 18.0. The number of benzene rings is 1. The molecule has 0 saturated heterocycles. The third-order valence-electron chi connectivity index (χ3n) is 4.53. The smallest absolute Gasteiger partial charge is 0.318 e. The van der Waals surface area contributed by atoms with Gasteiger partial charge in [-0.05, 0) is 30.9 Å². The predicted octanol–water partition coefficient (Wildman–Crippen LogP) is 3.24. The molecule has 0 bridgehead atoms.